The van der Waals surface area contributed by atoms with Gasteiger partial charge in [0, 0.05) is 4.88 Å². The molecule has 0 saturated carbocycles. The van der Waals surface area contributed by atoms with Crippen molar-refractivity contribution in [3.05, 3.63) is 76.7 Å². The molecule has 0 N–H and O–H groups in total. The molecule has 1 amide bonds. The van der Waals surface area contributed by atoms with E-state index < -0.39 is 0 Å². The van der Waals surface area contributed by atoms with Gasteiger partial charge in [-0.1, -0.05) is 35.6 Å². The molecule has 5 nitrogen and oxygen atoms in total. The van der Waals surface area contributed by atoms with Crippen LogP contribution < -0.4 is 9.75 Å². The Morgan fingerprint density at radius 3 is 2.82 bits per heavy atom. The fraction of sp³-hybridized carbons (Fsp3) is 0.0500. The number of hydrogen-bond acceptors (Lipinski definition) is 6. The van der Waals surface area contributed by atoms with Crippen LogP contribution in [-0.4, -0.2) is 23.7 Å². The lowest BCUT2D eigenvalue weighted by Gasteiger charge is -2.14. The van der Waals surface area contributed by atoms with Gasteiger partial charge in [-0.15, -0.1) is 11.3 Å². The standard InChI is InChI=1S/C20H14FN3O2S2/c21-14-8-9-17-18(11-14)28-20(23-17)24(22-12-16-7-4-10-27-16)19(25)13-26-15-5-2-1-3-6-15/h1-12H,13H2/b22-12-. The van der Waals surface area contributed by atoms with Gasteiger partial charge in [-0.25, -0.2) is 9.37 Å². The number of hydrazone groups is 1. The Kier molecular flexibility index (Phi) is 5.41. The molecule has 0 unspecified atom stereocenters. The summed E-state index contributed by atoms with van der Waals surface area (Å²) < 4.78 is 19.7. The van der Waals surface area contributed by atoms with Crippen LogP contribution in [0.3, 0.4) is 0 Å². The van der Waals surface area contributed by atoms with Crippen LogP contribution in [0.4, 0.5) is 9.52 Å². The van der Waals surface area contributed by atoms with E-state index in [1.54, 1.807) is 24.4 Å². The first-order chi connectivity index (χ1) is 13.7. The van der Waals surface area contributed by atoms with Gasteiger partial charge in [0.25, 0.3) is 5.91 Å². The first-order valence-corrected chi connectivity index (χ1v) is 10.0. The van der Waals surface area contributed by atoms with Crippen molar-refractivity contribution in [1.82, 2.24) is 4.98 Å². The van der Waals surface area contributed by atoms with E-state index in [2.05, 4.69) is 10.1 Å². The topological polar surface area (TPSA) is 54.8 Å². The van der Waals surface area contributed by atoms with E-state index in [9.17, 15) is 9.18 Å². The van der Waals surface area contributed by atoms with Crippen molar-refractivity contribution in [2.24, 2.45) is 5.10 Å². The molecule has 140 valence electrons. The minimum Gasteiger partial charge on any atom is -0.484 e. The van der Waals surface area contributed by atoms with Gasteiger partial charge in [0.2, 0.25) is 5.13 Å². The quantitative estimate of drug-likeness (QED) is 0.333. The smallest absolute Gasteiger partial charge is 0.287 e. The molecule has 4 aromatic rings. The van der Waals surface area contributed by atoms with Gasteiger partial charge in [-0.2, -0.15) is 10.1 Å². The summed E-state index contributed by atoms with van der Waals surface area (Å²) in [5, 5.41) is 7.79. The molecule has 0 aliphatic heterocycles. The van der Waals surface area contributed by atoms with Crippen LogP contribution in [0.5, 0.6) is 5.75 Å². The Bertz CT molecular complexity index is 1110. The maximum atomic E-state index is 13.5. The second kappa shape index (κ2) is 8.28. The molecule has 4 rings (SSSR count). The molecule has 0 aliphatic rings. The average Bonchev–Trinajstić information content (AvgIpc) is 3.37. The minimum absolute atomic E-state index is 0.198. The number of thiazole rings is 1. The van der Waals surface area contributed by atoms with Gasteiger partial charge in [0.15, 0.2) is 6.61 Å². The van der Waals surface area contributed by atoms with Crippen LogP contribution >= 0.6 is 22.7 Å². The van der Waals surface area contributed by atoms with Crippen molar-refractivity contribution in [3.8, 4) is 5.75 Å². The van der Waals surface area contributed by atoms with E-state index in [0.29, 0.717) is 21.1 Å². The molecule has 0 radical (unpaired) electrons. The van der Waals surface area contributed by atoms with E-state index in [1.807, 2.05) is 35.7 Å². The van der Waals surface area contributed by atoms with Crippen LogP contribution in [0.1, 0.15) is 4.88 Å². The van der Waals surface area contributed by atoms with Crippen molar-refractivity contribution >= 4 is 50.1 Å². The lowest BCUT2D eigenvalue weighted by atomic mass is 10.3. The predicted molar refractivity (Wildman–Crippen MR) is 111 cm³/mol. The highest BCUT2D eigenvalue weighted by atomic mass is 32.1. The fourth-order valence-electron chi connectivity index (χ4n) is 2.40. The number of anilines is 1. The third-order valence-electron chi connectivity index (χ3n) is 3.71. The Labute approximate surface area is 168 Å². The van der Waals surface area contributed by atoms with Crippen molar-refractivity contribution in [2.75, 3.05) is 11.6 Å². The summed E-state index contributed by atoms with van der Waals surface area (Å²) in [4.78, 5) is 18.1. The Morgan fingerprint density at radius 1 is 1.18 bits per heavy atom. The molecule has 0 aliphatic carbocycles. The summed E-state index contributed by atoms with van der Waals surface area (Å²) in [6, 6.07) is 17.2. The van der Waals surface area contributed by atoms with E-state index in [0.717, 1.165) is 4.88 Å². The van der Waals surface area contributed by atoms with Crippen LogP contribution in [0.25, 0.3) is 10.2 Å². The number of carbonyl (C=O) groups excluding carboxylic acids is 1. The number of carbonyl (C=O) groups is 1. The molecular formula is C20H14FN3O2S2. The second-order valence-electron chi connectivity index (χ2n) is 5.68. The van der Waals surface area contributed by atoms with Crippen LogP contribution in [0.2, 0.25) is 0 Å². The summed E-state index contributed by atoms with van der Waals surface area (Å²) in [5.74, 6) is -0.143. The van der Waals surface area contributed by atoms with E-state index in [4.69, 9.17) is 4.74 Å². The Hall–Kier alpha value is -3.10. The van der Waals surface area contributed by atoms with Crippen molar-refractivity contribution < 1.29 is 13.9 Å². The maximum Gasteiger partial charge on any atom is 0.287 e. The zero-order chi connectivity index (χ0) is 19.3. The Balaban J connectivity index is 1.61. The summed E-state index contributed by atoms with van der Waals surface area (Å²) in [6.45, 7) is -0.198. The number of halogens is 1. The monoisotopic (exact) mass is 411 g/mol. The van der Waals surface area contributed by atoms with Crippen molar-refractivity contribution in [3.63, 3.8) is 0 Å². The third-order valence-corrected chi connectivity index (χ3v) is 5.51. The second-order valence-corrected chi connectivity index (χ2v) is 7.66. The number of para-hydroxylation sites is 1. The summed E-state index contributed by atoms with van der Waals surface area (Å²) >= 11 is 2.70. The summed E-state index contributed by atoms with van der Waals surface area (Å²) in [6.07, 6.45) is 1.59. The number of aromatic nitrogens is 1. The highest BCUT2D eigenvalue weighted by Crippen LogP contribution is 2.30. The fourth-order valence-corrected chi connectivity index (χ4v) is 3.94. The lowest BCUT2D eigenvalue weighted by molar-refractivity contribution is -0.120. The zero-order valence-corrected chi connectivity index (χ0v) is 16.1. The number of benzene rings is 2. The van der Waals surface area contributed by atoms with Crippen LogP contribution in [0.15, 0.2) is 71.1 Å². The number of nitrogens with zero attached hydrogens (tertiary/aromatic N) is 3. The SMILES string of the molecule is O=C(COc1ccccc1)N(/N=C\c1cccs1)c1nc2ccc(F)cc2s1. The molecular weight excluding hydrogens is 397 g/mol. The summed E-state index contributed by atoms with van der Waals surface area (Å²) in [5.41, 5.74) is 0.606. The molecule has 0 fully saturated rings. The maximum absolute atomic E-state index is 13.5. The predicted octanol–water partition coefficient (Wildman–Crippen LogP) is 4.94. The molecule has 2 aromatic carbocycles. The molecule has 0 bridgehead atoms. The van der Waals surface area contributed by atoms with Gasteiger partial charge >= 0.3 is 0 Å². The molecule has 28 heavy (non-hydrogen) atoms. The number of hydrogen-bond donors (Lipinski definition) is 0. The molecule has 0 saturated heterocycles. The van der Waals surface area contributed by atoms with Gasteiger partial charge in [0.1, 0.15) is 11.6 Å². The largest absolute Gasteiger partial charge is 0.484 e. The van der Waals surface area contributed by atoms with E-state index >= 15 is 0 Å². The number of thiophene rings is 1. The van der Waals surface area contributed by atoms with Gasteiger partial charge in [-0.3, -0.25) is 4.79 Å². The first kappa shape index (κ1) is 18.3. The first-order valence-electron chi connectivity index (χ1n) is 8.33. The highest BCUT2D eigenvalue weighted by molar-refractivity contribution is 7.22. The highest BCUT2D eigenvalue weighted by Gasteiger charge is 2.20. The minimum atomic E-state index is -0.379. The number of rotatable bonds is 6. The van der Waals surface area contributed by atoms with E-state index in [-0.39, 0.29) is 18.3 Å². The van der Waals surface area contributed by atoms with Crippen molar-refractivity contribution in [1.29, 1.82) is 0 Å². The molecule has 2 aromatic heterocycles. The number of amides is 1. The number of fused-ring (bicyclic) bond motifs is 1. The Morgan fingerprint density at radius 2 is 2.04 bits per heavy atom. The summed E-state index contributed by atoms with van der Waals surface area (Å²) in [7, 11) is 0. The lowest BCUT2D eigenvalue weighted by Crippen LogP contribution is -2.30. The normalized spacial score (nSPS) is 11.2. The molecule has 8 heteroatoms. The number of ether oxygens (including phenoxy) is 1. The van der Waals surface area contributed by atoms with E-state index in [1.165, 1.54) is 39.8 Å². The van der Waals surface area contributed by atoms with Crippen LogP contribution in [0, 0.1) is 5.82 Å². The van der Waals surface area contributed by atoms with Crippen LogP contribution in [-0.2, 0) is 4.79 Å². The van der Waals surface area contributed by atoms with Gasteiger partial charge in [-0.05, 0) is 41.8 Å². The van der Waals surface area contributed by atoms with Gasteiger partial charge in [0.05, 0.1) is 16.4 Å². The zero-order valence-electron chi connectivity index (χ0n) is 14.5. The molecule has 0 spiro atoms. The van der Waals surface area contributed by atoms with Gasteiger partial charge < -0.3 is 4.74 Å². The van der Waals surface area contributed by atoms with Crippen molar-refractivity contribution in [2.45, 2.75) is 0 Å². The third kappa shape index (κ3) is 4.24. The molecule has 0 atom stereocenters. The molecule has 2 heterocycles. The average molecular weight is 411 g/mol.